The maximum atomic E-state index is 13.1. The second-order valence-corrected chi connectivity index (χ2v) is 5.09. The summed E-state index contributed by atoms with van der Waals surface area (Å²) in [6.07, 6.45) is 0.471. The van der Waals surface area contributed by atoms with E-state index in [2.05, 4.69) is 10.6 Å². The first-order valence-corrected chi connectivity index (χ1v) is 6.72. The molecule has 0 saturated heterocycles. The van der Waals surface area contributed by atoms with Crippen molar-refractivity contribution in [2.24, 2.45) is 0 Å². The number of fused-ring (bicyclic) bond motifs is 1. The fraction of sp³-hybridized carbons (Fsp3) is 0.188. The largest absolute Gasteiger partial charge is 0.508 e. The number of benzene rings is 2. The zero-order valence-corrected chi connectivity index (χ0v) is 11.3. The molecule has 1 aliphatic heterocycles. The van der Waals surface area contributed by atoms with Gasteiger partial charge in [-0.2, -0.15) is 0 Å². The third kappa shape index (κ3) is 2.97. The molecular formula is C16H15FN2O2. The van der Waals surface area contributed by atoms with Crippen molar-refractivity contribution in [3.8, 4) is 5.75 Å². The van der Waals surface area contributed by atoms with Crippen molar-refractivity contribution in [3.05, 3.63) is 59.4 Å². The molecule has 1 aliphatic rings. The van der Waals surface area contributed by atoms with Gasteiger partial charge in [0.2, 0.25) is 5.91 Å². The zero-order valence-electron chi connectivity index (χ0n) is 11.3. The number of carbonyl (C=O) groups excluding carboxylic acids is 1. The van der Waals surface area contributed by atoms with Gasteiger partial charge in [-0.3, -0.25) is 4.79 Å². The molecule has 0 bridgehead atoms. The number of hydrogen-bond donors (Lipinski definition) is 3. The van der Waals surface area contributed by atoms with Gasteiger partial charge in [-0.1, -0.05) is 12.1 Å². The molecule has 108 valence electrons. The number of anilines is 1. The summed E-state index contributed by atoms with van der Waals surface area (Å²) < 4.78 is 13.1. The highest BCUT2D eigenvalue weighted by Crippen LogP contribution is 2.26. The molecule has 1 atom stereocenters. The first-order valence-electron chi connectivity index (χ1n) is 6.72. The van der Waals surface area contributed by atoms with E-state index in [-0.39, 0.29) is 23.5 Å². The molecule has 0 aliphatic carbocycles. The van der Waals surface area contributed by atoms with Gasteiger partial charge in [0.15, 0.2) is 0 Å². The van der Waals surface area contributed by atoms with E-state index in [1.807, 2.05) is 6.07 Å². The van der Waals surface area contributed by atoms with Crippen LogP contribution in [0.2, 0.25) is 0 Å². The van der Waals surface area contributed by atoms with Crippen molar-refractivity contribution in [2.75, 3.05) is 5.32 Å². The van der Waals surface area contributed by atoms with E-state index in [0.717, 1.165) is 16.8 Å². The molecule has 0 spiro atoms. The van der Waals surface area contributed by atoms with Gasteiger partial charge in [0.25, 0.3) is 0 Å². The van der Waals surface area contributed by atoms with Gasteiger partial charge in [-0.05, 0) is 41.5 Å². The van der Waals surface area contributed by atoms with Crippen molar-refractivity contribution in [2.45, 2.75) is 19.0 Å². The van der Waals surface area contributed by atoms with Crippen LogP contribution in [0.4, 0.5) is 10.1 Å². The molecule has 2 aromatic carbocycles. The predicted octanol–water partition coefficient (Wildman–Crippen LogP) is 2.18. The maximum absolute atomic E-state index is 13.1. The molecule has 0 aromatic heterocycles. The SMILES string of the molecule is O=C(NCc1cccc(O)c1)C1Cc2cc(F)ccc2N1. The van der Waals surface area contributed by atoms with E-state index in [1.54, 1.807) is 24.3 Å². The van der Waals surface area contributed by atoms with Crippen LogP contribution in [0.25, 0.3) is 0 Å². The van der Waals surface area contributed by atoms with Gasteiger partial charge in [0.05, 0.1) is 0 Å². The fourth-order valence-electron chi connectivity index (χ4n) is 2.47. The summed E-state index contributed by atoms with van der Waals surface area (Å²) in [6.45, 7) is 0.343. The standard InChI is InChI=1S/C16H15FN2O2/c17-12-4-5-14-11(7-12)8-15(19-14)16(21)18-9-10-2-1-3-13(20)6-10/h1-7,15,19-20H,8-9H2,(H,18,21). The average Bonchev–Trinajstić information content (AvgIpc) is 2.88. The highest BCUT2D eigenvalue weighted by molar-refractivity contribution is 5.87. The van der Waals surface area contributed by atoms with Crippen molar-refractivity contribution in [3.63, 3.8) is 0 Å². The Morgan fingerprint density at radius 3 is 3.00 bits per heavy atom. The Bertz CT molecular complexity index is 688. The van der Waals surface area contributed by atoms with E-state index in [0.29, 0.717) is 13.0 Å². The average molecular weight is 286 g/mol. The Kier molecular flexibility index (Phi) is 3.48. The van der Waals surface area contributed by atoms with Crippen LogP contribution in [0, 0.1) is 5.82 Å². The molecule has 3 rings (SSSR count). The van der Waals surface area contributed by atoms with Crippen LogP contribution in [-0.4, -0.2) is 17.1 Å². The van der Waals surface area contributed by atoms with Gasteiger partial charge in [-0.15, -0.1) is 0 Å². The summed E-state index contributed by atoms with van der Waals surface area (Å²) in [6, 6.07) is 10.8. The number of halogens is 1. The summed E-state index contributed by atoms with van der Waals surface area (Å²) in [7, 11) is 0. The molecule has 1 heterocycles. The van der Waals surface area contributed by atoms with E-state index in [9.17, 15) is 14.3 Å². The first kappa shape index (κ1) is 13.4. The van der Waals surface area contributed by atoms with E-state index in [4.69, 9.17) is 0 Å². The Morgan fingerprint density at radius 1 is 1.33 bits per heavy atom. The van der Waals surface area contributed by atoms with Crippen molar-refractivity contribution < 1.29 is 14.3 Å². The smallest absolute Gasteiger partial charge is 0.243 e. The molecular weight excluding hydrogens is 271 g/mol. The summed E-state index contributed by atoms with van der Waals surface area (Å²) in [4.78, 5) is 12.1. The van der Waals surface area contributed by atoms with E-state index in [1.165, 1.54) is 12.1 Å². The lowest BCUT2D eigenvalue weighted by molar-refractivity contribution is -0.121. The topological polar surface area (TPSA) is 61.4 Å². The molecule has 0 radical (unpaired) electrons. The second kappa shape index (κ2) is 5.44. The number of nitrogens with one attached hydrogen (secondary N) is 2. The van der Waals surface area contributed by atoms with Crippen LogP contribution in [-0.2, 0) is 17.8 Å². The zero-order chi connectivity index (χ0) is 14.8. The van der Waals surface area contributed by atoms with Crippen LogP contribution < -0.4 is 10.6 Å². The van der Waals surface area contributed by atoms with Crippen LogP contribution in [0.15, 0.2) is 42.5 Å². The molecule has 0 saturated carbocycles. The quantitative estimate of drug-likeness (QED) is 0.810. The minimum atomic E-state index is -0.390. The lowest BCUT2D eigenvalue weighted by atomic mass is 10.1. The molecule has 1 unspecified atom stereocenters. The van der Waals surface area contributed by atoms with Crippen LogP contribution in [0.5, 0.6) is 5.75 Å². The van der Waals surface area contributed by atoms with E-state index >= 15 is 0 Å². The highest BCUT2D eigenvalue weighted by Gasteiger charge is 2.26. The van der Waals surface area contributed by atoms with E-state index < -0.39 is 0 Å². The number of carbonyl (C=O) groups is 1. The number of phenols is 1. The summed E-state index contributed by atoms with van der Waals surface area (Å²) in [5, 5.41) is 15.3. The number of amides is 1. The van der Waals surface area contributed by atoms with Crippen LogP contribution in [0.3, 0.4) is 0 Å². The Morgan fingerprint density at radius 2 is 2.19 bits per heavy atom. The summed E-state index contributed by atoms with van der Waals surface area (Å²) in [5.74, 6) is -0.269. The van der Waals surface area contributed by atoms with Crippen molar-refractivity contribution in [1.82, 2.24) is 5.32 Å². The second-order valence-electron chi connectivity index (χ2n) is 5.09. The third-order valence-corrected chi connectivity index (χ3v) is 3.51. The molecule has 21 heavy (non-hydrogen) atoms. The number of phenolic OH excluding ortho intramolecular Hbond substituents is 1. The Labute approximate surface area is 121 Å². The third-order valence-electron chi connectivity index (χ3n) is 3.51. The Balaban J connectivity index is 1.60. The van der Waals surface area contributed by atoms with Gasteiger partial charge >= 0.3 is 0 Å². The number of aromatic hydroxyl groups is 1. The van der Waals surface area contributed by atoms with Crippen molar-refractivity contribution in [1.29, 1.82) is 0 Å². The summed E-state index contributed by atoms with van der Waals surface area (Å²) >= 11 is 0. The molecule has 4 nitrogen and oxygen atoms in total. The molecule has 3 N–H and O–H groups in total. The first-order chi connectivity index (χ1) is 10.1. The molecule has 2 aromatic rings. The molecule has 5 heteroatoms. The molecule has 1 amide bonds. The van der Waals surface area contributed by atoms with Crippen molar-refractivity contribution >= 4 is 11.6 Å². The normalized spacial score (nSPS) is 16.1. The molecule has 0 fully saturated rings. The van der Waals surface area contributed by atoms with Crippen LogP contribution in [0.1, 0.15) is 11.1 Å². The predicted molar refractivity (Wildman–Crippen MR) is 77.5 cm³/mol. The summed E-state index contributed by atoms with van der Waals surface area (Å²) in [5.41, 5.74) is 2.44. The monoisotopic (exact) mass is 286 g/mol. The highest BCUT2D eigenvalue weighted by atomic mass is 19.1. The van der Waals surface area contributed by atoms with Crippen LogP contribution >= 0.6 is 0 Å². The van der Waals surface area contributed by atoms with Gasteiger partial charge in [0, 0.05) is 18.7 Å². The van der Waals surface area contributed by atoms with Gasteiger partial charge in [0.1, 0.15) is 17.6 Å². The fourth-order valence-corrected chi connectivity index (χ4v) is 2.47. The van der Waals surface area contributed by atoms with Gasteiger partial charge in [-0.25, -0.2) is 4.39 Å². The number of rotatable bonds is 3. The maximum Gasteiger partial charge on any atom is 0.243 e. The van der Waals surface area contributed by atoms with Gasteiger partial charge < -0.3 is 15.7 Å². The minimum absolute atomic E-state index is 0.144. The lowest BCUT2D eigenvalue weighted by Gasteiger charge is -2.12. The number of hydrogen-bond acceptors (Lipinski definition) is 3. The minimum Gasteiger partial charge on any atom is -0.508 e. The lowest BCUT2D eigenvalue weighted by Crippen LogP contribution is -2.38. The Hall–Kier alpha value is -2.56.